The van der Waals surface area contributed by atoms with Gasteiger partial charge in [0.2, 0.25) is 0 Å². The van der Waals surface area contributed by atoms with E-state index in [-0.39, 0.29) is 36.7 Å². The quantitative estimate of drug-likeness (QED) is 0.574. The van der Waals surface area contributed by atoms with Crippen molar-refractivity contribution in [3.8, 4) is 5.69 Å². The fourth-order valence-corrected chi connectivity index (χ4v) is 3.95. The number of aromatic nitrogens is 5. The van der Waals surface area contributed by atoms with Crippen LogP contribution in [0.25, 0.3) is 5.69 Å². The summed E-state index contributed by atoms with van der Waals surface area (Å²) in [5.41, 5.74) is 0.792. The average molecular weight is 475 g/mol. The van der Waals surface area contributed by atoms with Gasteiger partial charge in [-0.3, -0.25) is 9.63 Å². The normalized spacial score (nSPS) is 19.3. The fraction of sp³-hybridized carbons (Fsp3) is 0.409. The van der Waals surface area contributed by atoms with Crippen molar-refractivity contribution in [1.82, 2.24) is 29.9 Å². The molecule has 1 amide bonds. The number of anilines is 1. The summed E-state index contributed by atoms with van der Waals surface area (Å²) in [6.45, 7) is 7.10. The number of hydroxylamine groups is 1. The van der Waals surface area contributed by atoms with Gasteiger partial charge < -0.3 is 4.90 Å². The molecule has 0 aliphatic carbocycles. The largest absolute Gasteiger partial charge is 0.433 e. The van der Waals surface area contributed by atoms with Gasteiger partial charge in [-0.15, -0.1) is 0 Å². The number of halogens is 3. The lowest BCUT2D eigenvalue weighted by atomic mass is 10.1. The lowest BCUT2D eigenvalue weighted by molar-refractivity contribution is -0.141. The third-order valence-electron chi connectivity index (χ3n) is 5.47. The highest BCUT2D eigenvalue weighted by Crippen LogP contribution is 2.31. The first-order chi connectivity index (χ1) is 16.0. The van der Waals surface area contributed by atoms with E-state index in [1.54, 1.807) is 17.0 Å². The van der Waals surface area contributed by atoms with Crippen LogP contribution in [0.1, 0.15) is 41.3 Å². The minimum Gasteiger partial charge on any atom is -0.329 e. The van der Waals surface area contributed by atoms with E-state index < -0.39 is 17.9 Å². The molecule has 0 bridgehead atoms. The van der Waals surface area contributed by atoms with Crippen LogP contribution in [-0.4, -0.2) is 61.0 Å². The van der Waals surface area contributed by atoms with Crippen molar-refractivity contribution in [2.24, 2.45) is 0 Å². The molecule has 0 radical (unpaired) electrons. The average Bonchev–Trinajstić information content (AvgIpc) is 3.25. The van der Waals surface area contributed by atoms with Crippen LogP contribution in [0.3, 0.4) is 0 Å². The van der Waals surface area contributed by atoms with Gasteiger partial charge in [0.05, 0.1) is 42.8 Å². The summed E-state index contributed by atoms with van der Waals surface area (Å²) in [5.74, 6) is -0.288. The van der Waals surface area contributed by atoms with E-state index >= 15 is 0 Å². The van der Waals surface area contributed by atoms with Crippen LogP contribution in [-0.2, 0) is 11.0 Å². The van der Waals surface area contributed by atoms with Crippen molar-refractivity contribution in [2.45, 2.75) is 46.0 Å². The summed E-state index contributed by atoms with van der Waals surface area (Å²) in [7, 11) is 0. The van der Waals surface area contributed by atoms with Crippen LogP contribution in [0.2, 0.25) is 0 Å². The molecule has 0 unspecified atom stereocenters. The monoisotopic (exact) mass is 475 g/mol. The number of aryl methyl sites for hydroxylation is 2. The number of hydrogen-bond acceptors (Lipinski definition) is 7. The Morgan fingerprint density at radius 1 is 1.06 bits per heavy atom. The maximum Gasteiger partial charge on any atom is 0.433 e. The maximum absolute atomic E-state index is 13.7. The first-order valence-corrected chi connectivity index (χ1v) is 10.7. The molecule has 12 heteroatoms. The van der Waals surface area contributed by atoms with Gasteiger partial charge in [-0.2, -0.15) is 28.2 Å². The summed E-state index contributed by atoms with van der Waals surface area (Å²) in [6, 6.07) is 5.49. The maximum atomic E-state index is 13.7. The molecule has 0 saturated carbocycles. The second-order valence-electron chi connectivity index (χ2n) is 8.26. The van der Waals surface area contributed by atoms with Gasteiger partial charge in [0.15, 0.2) is 5.82 Å². The third kappa shape index (κ3) is 4.72. The highest BCUT2D eigenvalue weighted by atomic mass is 19.4. The number of benzene rings is 1. The minimum atomic E-state index is -4.61. The molecule has 1 saturated heterocycles. The molecule has 180 valence electrons. The number of carbonyl (C=O) groups is 1. The van der Waals surface area contributed by atoms with E-state index in [9.17, 15) is 18.0 Å². The second kappa shape index (κ2) is 9.01. The van der Waals surface area contributed by atoms with Crippen molar-refractivity contribution in [1.29, 1.82) is 0 Å². The number of alkyl halides is 3. The Balaban J connectivity index is 1.65. The molecule has 0 spiro atoms. The van der Waals surface area contributed by atoms with Crippen molar-refractivity contribution in [3.05, 3.63) is 59.3 Å². The molecule has 4 rings (SSSR count). The number of nitrogens with zero attached hydrogens (tertiary/aromatic N) is 7. The Kier molecular flexibility index (Phi) is 6.26. The van der Waals surface area contributed by atoms with Gasteiger partial charge in [-0.1, -0.05) is 11.6 Å². The van der Waals surface area contributed by atoms with Crippen LogP contribution in [0.15, 0.2) is 36.7 Å². The van der Waals surface area contributed by atoms with Gasteiger partial charge >= 0.3 is 6.18 Å². The molecule has 3 aromatic rings. The Morgan fingerprint density at radius 3 is 2.44 bits per heavy atom. The number of rotatable bonds is 3. The summed E-state index contributed by atoms with van der Waals surface area (Å²) in [4.78, 5) is 30.2. The second-order valence-corrected chi connectivity index (χ2v) is 8.26. The van der Waals surface area contributed by atoms with Crippen LogP contribution in [0.5, 0.6) is 0 Å². The van der Waals surface area contributed by atoms with Gasteiger partial charge in [-0.25, -0.2) is 15.0 Å². The zero-order chi connectivity index (χ0) is 24.6. The van der Waals surface area contributed by atoms with Crippen molar-refractivity contribution >= 4 is 11.7 Å². The lowest BCUT2D eigenvalue weighted by Gasteiger charge is -2.32. The zero-order valence-corrected chi connectivity index (χ0v) is 19.1. The first-order valence-electron chi connectivity index (χ1n) is 10.7. The van der Waals surface area contributed by atoms with E-state index in [4.69, 9.17) is 4.84 Å². The predicted molar refractivity (Wildman–Crippen MR) is 116 cm³/mol. The molecular formula is C22H24F3N7O2. The fourth-order valence-electron chi connectivity index (χ4n) is 3.95. The van der Waals surface area contributed by atoms with Crippen molar-refractivity contribution in [2.75, 3.05) is 18.2 Å². The molecule has 1 aliphatic rings. The van der Waals surface area contributed by atoms with E-state index in [1.807, 2.05) is 26.8 Å². The molecule has 2 atom stereocenters. The van der Waals surface area contributed by atoms with Crippen LogP contribution in [0, 0.1) is 13.8 Å². The third-order valence-corrected chi connectivity index (χ3v) is 5.47. The molecule has 1 aliphatic heterocycles. The van der Waals surface area contributed by atoms with Gasteiger partial charge in [-0.05, 0) is 39.8 Å². The Morgan fingerprint density at radius 2 is 1.76 bits per heavy atom. The van der Waals surface area contributed by atoms with Gasteiger partial charge in [0.1, 0.15) is 11.5 Å². The zero-order valence-electron chi connectivity index (χ0n) is 19.1. The Bertz CT molecular complexity index is 1180. The van der Waals surface area contributed by atoms with E-state index in [0.29, 0.717) is 11.3 Å². The summed E-state index contributed by atoms with van der Waals surface area (Å²) >= 11 is 0. The number of hydrogen-bond donors (Lipinski definition) is 0. The standard InChI is InChI=1S/C22H24F3N7O2/c1-13-5-6-18(32-26-7-8-27-32)17(9-13)21(33)31-14(2)11-30(34-12-15(31)3)20-10-19(22(23,24)25)28-16(4)29-20/h5-10,14-15H,11-12H2,1-4H3/t14-,15+/m0/s1. The van der Waals surface area contributed by atoms with E-state index in [1.165, 1.54) is 29.2 Å². The smallest absolute Gasteiger partial charge is 0.329 e. The van der Waals surface area contributed by atoms with Crippen LogP contribution in [0.4, 0.5) is 19.0 Å². The van der Waals surface area contributed by atoms with Gasteiger partial charge in [0, 0.05) is 12.1 Å². The topological polar surface area (TPSA) is 89.3 Å². The Labute approximate surface area is 194 Å². The predicted octanol–water partition coefficient (Wildman–Crippen LogP) is 3.36. The molecule has 3 heterocycles. The minimum absolute atomic E-state index is 0.00911. The van der Waals surface area contributed by atoms with Crippen molar-refractivity contribution < 1.29 is 22.8 Å². The molecule has 0 N–H and O–H groups in total. The lowest BCUT2D eigenvalue weighted by Crippen LogP contribution is -2.47. The van der Waals surface area contributed by atoms with E-state index in [2.05, 4.69) is 20.2 Å². The SMILES string of the molecule is Cc1ccc(-n2nccn2)c(C(=O)N2[C@H](C)CON(c3cc(C(F)(F)F)nc(C)n3)C[C@@H]2C)c1. The molecule has 34 heavy (non-hydrogen) atoms. The van der Waals surface area contributed by atoms with Crippen molar-refractivity contribution in [3.63, 3.8) is 0 Å². The van der Waals surface area contributed by atoms with Gasteiger partial charge in [0.25, 0.3) is 5.91 Å². The van der Waals surface area contributed by atoms with E-state index in [0.717, 1.165) is 11.6 Å². The molecule has 2 aromatic heterocycles. The Hall–Kier alpha value is -3.54. The summed E-state index contributed by atoms with van der Waals surface area (Å²) < 4.78 is 39.8. The first kappa shape index (κ1) is 23.6. The van der Waals surface area contributed by atoms with Crippen LogP contribution < -0.4 is 5.06 Å². The highest BCUT2D eigenvalue weighted by Gasteiger charge is 2.36. The molecule has 9 nitrogen and oxygen atoms in total. The highest BCUT2D eigenvalue weighted by molar-refractivity contribution is 5.98. The summed E-state index contributed by atoms with van der Waals surface area (Å²) in [5, 5.41) is 9.59. The molecule has 1 fully saturated rings. The summed E-state index contributed by atoms with van der Waals surface area (Å²) in [6.07, 6.45) is -1.57. The number of amides is 1. The number of carbonyl (C=O) groups excluding carboxylic acids is 1. The molecule has 1 aromatic carbocycles. The molecular weight excluding hydrogens is 451 g/mol. The van der Waals surface area contributed by atoms with Crippen LogP contribution >= 0.6 is 0 Å².